The van der Waals surface area contributed by atoms with E-state index in [0.717, 1.165) is 12.5 Å². The smallest absolute Gasteiger partial charge is 0.308 e. The molecule has 1 aromatic heterocycles. The van der Waals surface area contributed by atoms with Gasteiger partial charge in [0.15, 0.2) is 0 Å². The van der Waals surface area contributed by atoms with E-state index in [1.807, 2.05) is 24.7 Å². The molecule has 0 aromatic carbocycles. The van der Waals surface area contributed by atoms with Crippen molar-refractivity contribution in [3.63, 3.8) is 0 Å². The monoisotopic (exact) mass is 209 g/mol. The molecule has 82 valence electrons. The molecule has 0 bridgehead atoms. The highest BCUT2D eigenvalue weighted by atomic mass is 16.4. The largest absolute Gasteiger partial charge is 0.481 e. The third kappa shape index (κ3) is 1.58. The fourth-order valence-corrected chi connectivity index (χ4v) is 2.19. The zero-order valence-corrected chi connectivity index (χ0v) is 8.92. The lowest BCUT2D eigenvalue weighted by atomic mass is 10.0. The molecular weight excluding hydrogens is 194 g/mol. The molecular formula is C10H15N3O2. The Morgan fingerprint density at radius 1 is 1.67 bits per heavy atom. The van der Waals surface area contributed by atoms with Gasteiger partial charge in [-0.05, 0) is 13.3 Å². The van der Waals surface area contributed by atoms with Crippen molar-refractivity contribution < 1.29 is 9.90 Å². The van der Waals surface area contributed by atoms with Crippen LogP contribution in [0.3, 0.4) is 0 Å². The number of aryl methyl sites for hydroxylation is 1. The van der Waals surface area contributed by atoms with Crippen LogP contribution < -0.4 is 4.90 Å². The minimum atomic E-state index is -0.709. The van der Waals surface area contributed by atoms with Crippen molar-refractivity contribution in [3.05, 3.63) is 12.4 Å². The van der Waals surface area contributed by atoms with Gasteiger partial charge in [-0.2, -0.15) is 0 Å². The quantitative estimate of drug-likeness (QED) is 0.779. The highest BCUT2D eigenvalue weighted by Gasteiger charge is 2.36. The number of hydrogen-bond acceptors (Lipinski definition) is 3. The zero-order chi connectivity index (χ0) is 11.0. The van der Waals surface area contributed by atoms with Crippen LogP contribution >= 0.6 is 0 Å². The second-order valence-corrected chi connectivity index (χ2v) is 4.01. The van der Waals surface area contributed by atoms with E-state index in [-0.39, 0.29) is 12.0 Å². The summed E-state index contributed by atoms with van der Waals surface area (Å²) in [6.07, 6.45) is 4.30. The first-order valence-electron chi connectivity index (χ1n) is 5.08. The number of hydrogen-bond donors (Lipinski definition) is 1. The number of nitrogens with zero attached hydrogens (tertiary/aromatic N) is 3. The molecule has 2 heterocycles. The van der Waals surface area contributed by atoms with Crippen LogP contribution in [0.2, 0.25) is 0 Å². The van der Waals surface area contributed by atoms with Gasteiger partial charge in [0.05, 0.1) is 5.92 Å². The van der Waals surface area contributed by atoms with E-state index in [2.05, 4.69) is 9.88 Å². The summed E-state index contributed by atoms with van der Waals surface area (Å²) < 4.78 is 1.92. The highest BCUT2D eigenvalue weighted by Crippen LogP contribution is 2.28. The summed E-state index contributed by atoms with van der Waals surface area (Å²) in [5.41, 5.74) is 0. The first kappa shape index (κ1) is 10.0. The van der Waals surface area contributed by atoms with Crippen molar-refractivity contribution in [2.24, 2.45) is 13.0 Å². The van der Waals surface area contributed by atoms with Gasteiger partial charge in [-0.3, -0.25) is 4.79 Å². The summed E-state index contributed by atoms with van der Waals surface area (Å²) in [5, 5.41) is 9.01. The Labute approximate surface area is 88.3 Å². The van der Waals surface area contributed by atoms with Gasteiger partial charge in [0.25, 0.3) is 0 Å². The van der Waals surface area contributed by atoms with Gasteiger partial charge in [0.2, 0.25) is 5.95 Å². The van der Waals surface area contributed by atoms with Gasteiger partial charge in [0, 0.05) is 32.0 Å². The Hall–Kier alpha value is -1.52. The SMILES string of the molecule is CC1C(C(=O)O)CCN1c1nccn1C. The van der Waals surface area contributed by atoms with Crippen molar-refractivity contribution in [1.82, 2.24) is 9.55 Å². The Morgan fingerprint density at radius 3 is 2.87 bits per heavy atom. The lowest BCUT2D eigenvalue weighted by Gasteiger charge is -2.24. The van der Waals surface area contributed by atoms with Crippen molar-refractivity contribution >= 4 is 11.9 Å². The Morgan fingerprint density at radius 2 is 2.40 bits per heavy atom. The van der Waals surface area contributed by atoms with E-state index in [0.29, 0.717) is 6.42 Å². The normalized spacial score (nSPS) is 25.9. The molecule has 2 rings (SSSR count). The zero-order valence-electron chi connectivity index (χ0n) is 8.92. The van der Waals surface area contributed by atoms with Crippen LogP contribution in [0, 0.1) is 5.92 Å². The second-order valence-electron chi connectivity index (χ2n) is 4.01. The fourth-order valence-electron chi connectivity index (χ4n) is 2.19. The van der Waals surface area contributed by atoms with Gasteiger partial charge >= 0.3 is 5.97 Å². The van der Waals surface area contributed by atoms with Crippen molar-refractivity contribution in [3.8, 4) is 0 Å². The average Bonchev–Trinajstić information content (AvgIpc) is 2.71. The van der Waals surface area contributed by atoms with Gasteiger partial charge in [-0.25, -0.2) is 4.98 Å². The highest BCUT2D eigenvalue weighted by molar-refractivity contribution is 5.72. The Kier molecular flexibility index (Phi) is 2.38. The van der Waals surface area contributed by atoms with Crippen molar-refractivity contribution in [2.75, 3.05) is 11.4 Å². The van der Waals surface area contributed by atoms with Crippen molar-refractivity contribution in [2.45, 2.75) is 19.4 Å². The molecule has 0 spiro atoms. The molecule has 0 radical (unpaired) electrons. The molecule has 1 aromatic rings. The van der Waals surface area contributed by atoms with Crippen LogP contribution in [0.5, 0.6) is 0 Å². The Bertz CT molecular complexity index is 374. The molecule has 0 saturated carbocycles. The molecule has 5 nitrogen and oxygen atoms in total. The van der Waals surface area contributed by atoms with Crippen LogP contribution in [-0.2, 0) is 11.8 Å². The van der Waals surface area contributed by atoms with E-state index in [1.54, 1.807) is 6.20 Å². The first-order chi connectivity index (χ1) is 7.11. The van der Waals surface area contributed by atoms with Crippen LogP contribution in [0.15, 0.2) is 12.4 Å². The van der Waals surface area contributed by atoms with Gasteiger partial charge < -0.3 is 14.6 Å². The second kappa shape index (κ2) is 3.56. The third-order valence-electron chi connectivity index (χ3n) is 3.12. The van der Waals surface area contributed by atoms with Crippen LogP contribution in [0.4, 0.5) is 5.95 Å². The first-order valence-corrected chi connectivity index (χ1v) is 5.08. The molecule has 1 fully saturated rings. The molecule has 1 N–H and O–H groups in total. The number of carbonyl (C=O) groups is 1. The van der Waals surface area contributed by atoms with Crippen LogP contribution in [0.25, 0.3) is 0 Å². The van der Waals surface area contributed by atoms with Gasteiger partial charge in [-0.1, -0.05) is 0 Å². The van der Waals surface area contributed by atoms with Crippen LogP contribution in [0.1, 0.15) is 13.3 Å². The minimum absolute atomic E-state index is 0.0172. The number of carboxylic acids is 1. The van der Waals surface area contributed by atoms with Gasteiger partial charge in [0.1, 0.15) is 0 Å². The molecule has 2 atom stereocenters. The summed E-state index contributed by atoms with van der Waals surface area (Å²) in [6, 6.07) is 0.0172. The number of aliphatic carboxylic acids is 1. The summed E-state index contributed by atoms with van der Waals surface area (Å²) in [5.74, 6) is -0.132. The van der Waals surface area contributed by atoms with E-state index >= 15 is 0 Å². The van der Waals surface area contributed by atoms with E-state index in [9.17, 15) is 4.79 Å². The lowest BCUT2D eigenvalue weighted by molar-refractivity contribution is -0.141. The standard InChI is InChI=1S/C10H15N3O2/c1-7-8(9(14)15)3-5-13(7)10-11-4-6-12(10)2/h4,6-8H,3,5H2,1-2H3,(H,14,15). The molecule has 15 heavy (non-hydrogen) atoms. The molecule has 1 saturated heterocycles. The van der Waals surface area contributed by atoms with E-state index in [4.69, 9.17) is 5.11 Å². The number of aromatic nitrogens is 2. The molecule has 1 aliphatic rings. The van der Waals surface area contributed by atoms with Gasteiger partial charge in [-0.15, -0.1) is 0 Å². The predicted molar refractivity (Wildman–Crippen MR) is 55.8 cm³/mol. The van der Waals surface area contributed by atoms with E-state index < -0.39 is 5.97 Å². The maximum absolute atomic E-state index is 11.0. The third-order valence-corrected chi connectivity index (χ3v) is 3.12. The van der Waals surface area contributed by atoms with E-state index in [1.165, 1.54) is 0 Å². The average molecular weight is 209 g/mol. The van der Waals surface area contributed by atoms with Crippen LogP contribution in [-0.4, -0.2) is 33.2 Å². The molecule has 1 aliphatic heterocycles. The molecule has 0 aliphatic carbocycles. The summed E-state index contributed by atoms with van der Waals surface area (Å²) >= 11 is 0. The summed E-state index contributed by atoms with van der Waals surface area (Å²) in [7, 11) is 1.92. The number of carboxylic acid groups (broad SMARTS) is 1. The predicted octanol–water partition coefficient (Wildman–Crippen LogP) is 0.719. The fraction of sp³-hybridized carbons (Fsp3) is 0.600. The molecule has 5 heteroatoms. The lowest BCUT2D eigenvalue weighted by Crippen LogP contribution is -2.34. The maximum atomic E-state index is 11.0. The Balaban J connectivity index is 2.21. The summed E-state index contributed by atoms with van der Waals surface area (Å²) in [4.78, 5) is 17.3. The summed E-state index contributed by atoms with van der Waals surface area (Å²) in [6.45, 7) is 2.71. The molecule has 0 amide bonds. The topological polar surface area (TPSA) is 58.4 Å². The number of rotatable bonds is 2. The minimum Gasteiger partial charge on any atom is -0.481 e. The number of imidazole rings is 1. The maximum Gasteiger partial charge on any atom is 0.308 e. The molecule has 2 unspecified atom stereocenters. The number of anilines is 1. The van der Waals surface area contributed by atoms with Crippen molar-refractivity contribution in [1.29, 1.82) is 0 Å².